The molecule has 1 heterocycles. The van der Waals surface area contributed by atoms with Gasteiger partial charge in [0.05, 0.1) is 10.7 Å². The first-order valence-corrected chi connectivity index (χ1v) is 5.61. The normalized spacial score (nSPS) is 10.4. The quantitative estimate of drug-likeness (QED) is 0.815. The van der Waals surface area contributed by atoms with Gasteiger partial charge in [0.1, 0.15) is 0 Å². The standard InChI is InChI=1S/C11H8BCl2NO2/c13-9-3-1-7(2-4-9)11-10(14)5-8(6-15-11)12(16)17/h1-6,16-17H. The molecular weight excluding hydrogens is 260 g/mol. The van der Waals surface area contributed by atoms with E-state index in [1.54, 1.807) is 24.3 Å². The van der Waals surface area contributed by atoms with Gasteiger partial charge in [-0.2, -0.15) is 0 Å². The molecule has 17 heavy (non-hydrogen) atoms. The van der Waals surface area contributed by atoms with Crippen LogP contribution in [-0.4, -0.2) is 22.2 Å². The van der Waals surface area contributed by atoms with Crippen molar-refractivity contribution in [3.8, 4) is 11.3 Å². The Morgan fingerprint density at radius 3 is 2.24 bits per heavy atom. The van der Waals surface area contributed by atoms with Crippen LogP contribution in [0.15, 0.2) is 36.5 Å². The summed E-state index contributed by atoms with van der Waals surface area (Å²) in [4.78, 5) is 4.10. The van der Waals surface area contributed by atoms with Gasteiger partial charge in [0.2, 0.25) is 0 Å². The number of benzene rings is 1. The van der Waals surface area contributed by atoms with Gasteiger partial charge in [-0.15, -0.1) is 0 Å². The molecule has 2 N–H and O–H groups in total. The molecule has 0 fully saturated rings. The van der Waals surface area contributed by atoms with E-state index in [0.29, 0.717) is 15.7 Å². The Labute approximate surface area is 109 Å². The smallest absolute Gasteiger partial charge is 0.423 e. The average Bonchev–Trinajstić information content (AvgIpc) is 2.30. The number of hydrogen-bond donors (Lipinski definition) is 2. The molecule has 0 amide bonds. The molecule has 0 atom stereocenters. The predicted molar refractivity (Wildman–Crippen MR) is 69.5 cm³/mol. The van der Waals surface area contributed by atoms with Crippen LogP contribution in [0.3, 0.4) is 0 Å². The van der Waals surface area contributed by atoms with Crippen LogP contribution < -0.4 is 5.46 Å². The molecule has 0 aliphatic heterocycles. The van der Waals surface area contributed by atoms with Crippen LogP contribution in [0.1, 0.15) is 0 Å². The summed E-state index contributed by atoms with van der Waals surface area (Å²) < 4.78 is 0. The van der Waals surface area contributed by atoms with Gasteiger partial charge < -0.3 is 10.0 Å². The fourth-order valence-corrected chi connectivity index (χ4v) is 1.82. The first-order chi connectivity index (χ1) is 8.08. The van der Waals surface area contributed by atoms with Crippen LogP contribution in [0.5, 0.6) is 0 Å². The molecule has 3 nitrogen and oxygen atoms in total. The number of halogens is 2. The zero-order chi connectivity index (χ0) is 12.4. The summed E-state index contributed by atoms with van der Waals surface area (Å²) in [5, 5.41) is 19.0. The van der Waals surface area contributed by atoms with Crippen molar-refractivity contribution in [3.05, 3.63) is 46.6 Å². The molecule has 0 unspecified atom stereocenters. The Bertz CT molecular complexity index is 531. The fourth-order valence-electron chi connectivity index (χ4n) is 1.41. The van der Waals surface area contributed by atoms with Crippen LogP contribution in [0.25, 0.3) is 11.3 Å². The summed E-state index contributed by atoms with van der Waals surface area (Å²) in [7, 11) is -1.57. The maximum absolute atomic E-state index is 8.99. The molecule has 6 heteroatoms. The third-order valence-corrected chi connectivity index (χ3v) is 2.82. The van der Waals surface area contributed by atoms with Crippen molar-refractivity contribution in [1.29, 1.82) is 0 Å². The van der Waals surface area contributed by atoms with Gasteiger partial charge >= 0.3 is 7.12 Å². The molecule has 2 rings (SSSR count). The van der Waals surface area contributed by atoms with Crippen molar-refractivity contribution in [1.82, 2.24) is 4.98 Å². The number of pyridine rings is 1. The second-order valence-electron chi connectivity index (χ2n) is 3.48. The third kappa shape index (κ3) is 2.79. The first kappa shape index (κ1) is 12.4. The van der Waals surface area contributed by atoms with E-state index in [1.807, 2.05) is 0 Å². The summed E-state index contributed by atoms with van der Waals surface area (Å²) in [6.07, 6.45) is 1.38. The van der Waals surface area contributed by atoms with Gasteiger partial charge in [0.25, 0.3) is 0 Å². The van der Waals surface area contributed by atoms with Crippen LogP contribution >= 0.6 is 23.2 Å². The molecule has 0 aliphatic carbocycles. The maximum atomic E-state index is 8.99. The van der Waals surface area contributed by atoms with Gasteiger partial charge in [-0.05, 0) is 18.2 Å². The maximum Gasteiger partial charge on any atom is 0.490 e. The van der Waals surface area contributed by atoms with Gasteiger partial charge in [-0.3, -0.25) is 4.98 Å². The van der Waals surface area contributed by atoms with Crippen molar-refractivity contribution in [2.24, 2.45) is 0 Å². The molecule has 0 spiro atoms. The molecule has 1 aromatic heterocycles. The largest absolute Gasteiger partial charge is 0.490 e. The topological polar surface area (TPSA) is 53.4 Å². The minimum Gasteiger partial charge on any atom is -0.423 e. The number of aromatic nitrogens is 1. The Balaban J connectivity index is 2.43. The van der Waals surface area contributed by atoms with E-state index in [0.717, 1.165) is 5.56 Å². The Kier molecular flexibility index (Phi) is 3.69. The highest BCUT2D eigenvalue weighted by Crippen LogP contribution is 2.25. The van der Waals surface area contributed by atoms with Crippen LogP contribution in [0.2, 0.25) is 10.0 Å². The highest BCUT2D eigenvalue weighted by atomic mass is 35.5. The van der Waals surface area contributed by atoms with Crippen LogP contribution in [-0.2, 0) is 0 Å². The molecule has 86 valence electrons. The summed E-state index contributed by atoms with van der Waals surface area (Å²) in [5.41, 5.74) is 1.65. The zero-order valence-corrected chi connectivity index (χ0v) is 10.2. The molecule has 0 saturated heterocycles. The van der Waals surface area contributed by atoms with E-state index in [-0.39, 0.29) is 5.46 Å². The second kappa shape index (κ2) is 5.06. The lowest BCUT2D eigenvalue weighted by Gasteiger charge is -2.06. The first-order valence-electron chi connectivity index (χ1n) is 4.85. The zero-order valence-electron chi connectivity index (χ0n) is 8.64. The van der Waals surface area contributed by atoms with Crippen LogP contribution in [0, 0.1) is 0 Å². The van der Waals surface area contributed by atoms with Crippen molar-refractivity contribution in [3.63, 3.8) is 0 Å². The molecule has 2 aromatic rings. The summed E-state index contributed by atoms with van der Waals surface area (Å²) in [6.45, 7) is 0. The highest BCUT2D eigenvalue weighted by Gasteiger charge is 2.14. The lowest BCUT2D eigenvalue weighted by molar-refractivity contribution is 0.425. The summed E-state index contributed by atoms with van der Waals surface area (Å²) in [6, 6.07) is 8.55. The minimum atomic E-state index is -1.57. The van der Waals surface area contributed by atoms with Gasteiger partial charge in [-0.1, -0.05) is 35.3 Å². The van der Waals surface area contributed by atoms with E-state index in [2.05, 4.69) is 4.98 Å². The highest BCUT2D eigenvalue weighted by molar-refractivity contribution is 6.59. The fraction of sp³-hybridized carbons (Fsp3) is 0. The molecule has 0 saturated carbocycles. The van der Waals surface area contributed by atoms with Gasteiger partial charge in [-0.25, -0.2) is 0 Å². The van der Waals surface area contributed by atoms with Crippen molar-refractivity contribution >= 4 is 35.8 Å². The van der Waals surface area contributed by atoms with Gasteiger partial charge in [0, 0.05) is 22.2 Å². The second-order valence-corrected chi connectivity index (χ2v) is 4.32. The SMILES string of the molecule is OB(O)c1cnc(-c2ccc(Cl)cc2)c(Cl)c1. The Morgan fingerprint density at radius 1 is 1.06 bits per heavy atom. The third-order valence-electron chi connectivity index (χ3n) is 2.28. The van der Waals surface area contributed by atoms with Crippen molar-refractivity contribution in [2.45, 2.75) is 0 Å². The number of rotatable bonds is 2. The van der Waals surface area contributed by atoms with E-state index in [9.17, 15) is 0 Å². The lowest BCUT2D eigenvalue weighted by atomic mass is 9.81. The van der Waals surface area contributed by atoms with E-state index >= 15 is 0 Å². The van der Waals surface area contributed by atoms with E-state index in [1.165, 1.54) is 12.3 Å². The average molecular weight is 268 g/mol. The molecule has 0 radical (unpaired) electrons. The predicted octanol–water partition coefficient (Wildman–Crippen LogP) is 1.74. The van der Waals surface area contributed by atoms with E-state index in [4.69, 9.17) is 33.2 Å². The van der Waals surface area contributed by atoms with Gasteiger partial charge in [0.15, 0.2) is 0 Å². The van der Waals surface area contributed by atoms with Crippen molar-refractivity contribution < 1.29 is 10.0 Å². The van der Waals surface area contributed by atoms with E-state index < -0.39 is 7.12 Å². The number of hydrogen-bond acceptors (Lipinski definition) is 3. The molecule has 1 aromatic carbocycles. The molecule has 0 aliphatic rings. The number of nitrogens with zero attached hydrogens (tertiary/aromatic N) is 1. The summed E-state index contributed by atoms with van der Waals surface area (Å²) >= 11 is 11.8. The minimum absolute atomic E-state index is 0.257. The van der Waals surface area contributed by atoms with Crippen molar-refractivity contribution in [2.75, 3.05) is 0 Å². The molecule has 0 bridgehead atoms. The Hall–Kier alpha value is -1.07. The van der Waals surface area contributed by atoms with Crippen LogP contribution in [0.4, 0.5) is 0 Å². The monoisotopic (exact) mass is 267 g/mol. The Morgan fingerprint density at radius 2 is 1.71 bits per heavy atom. The summed E-state index contributed by atoms with van der Waals surface area (Å²) in [5.74, 6) is 0. The lowest BCUT2D eigenvalue weighted by Crippen LogP contribution is -2.30. The molecular formula is C11H8BCl2NO2.